The van der Waals surface area contributed by atoms with Gasteiger partial charge in [-0.3, -0.25) is 0 Å². The zero-order valence-corrected chi connectivity index (χ0v) is 20.6. The first kappa shape index (κ1) is 24.8. The van der Waals surface area contributed by atoms with Crippen molar-refractivity contribution in [2.45, 2.75) is 147 Å². The molecule has 31 heavy (non-hydrogen) atoms. The number of hydrogen-bond donors (Lipinski definition) is 0. The van der Waals surface area contributed by atoms with E-state index in [0.29, 0.717) is 5.92 Å². The van der Waals surface area contributed by atoms with E-state index >= 15 is 4.39 Å². The van der Waals surface area contributed by atoms with Gasteiger partial charge in [-0.25, -0.2) is 4.39 Å². The molecule has 0 radical (unpaired) electrons. The van der Waals surface area contributed by atoms with Gasteiger partial charge in [-0.1, -0.05) is 95.9 Å². The summed E-state index contributed by atoms with van der Waals surface area (Å²) in [5, 5.41) is 0. The van der Waals surface area contributed by atoms with Crippen LogP contribution in [0, 0.1) is 5.92 Å². The van der Waals surface area contributed by atoms with Crippen LogP contribution in [0.2, 0.25) is 0 Å². The largest absolute Gasteiger partial charge is 0.244 e. The highest BCUT2D eigenvalue weighted by Gasteiger charge is 2.35. The molecule has 0 nitrogen and oxygen atoms in total. The molecule has 0 amide bonds. The molecule has 2 fully saturated rings. The number of rotatable bonds is 12. The minimum absolute atomic E-state index is 0.576. The first-order valence-corrected chi connectivity index (χ1v) is 13.9. The summed E-state index contributed by atoms with van der Waals surface area (Å²) >= 11 is 0. The Hall–Kier alpha value is -0.850. The fourth-order valence-electron chi connectivity index (χ4n) is 6.27. The van der Waals surface area contributed by atoms with Gasteiger partial charge in [0, 0.05) is 0 Å². The van der Waals surface area contributed by atoms with Crippen LogP contribution >= 0.6 is 0 Å². The van der Waals surface area contributed by atoms with E-state index in [1.54, 1.807) is 5.56 Å². The van der Waals surface area contributed by atoms with Crippen molar-refractivity contribution in [3.63, 3.8) is 0 Å². The number of halogens is 1. The highest BCUT2D eigenvalue weighted by atomic mass is 19.1. The molecule has 1 aromatic carbocycles. The molecular formula is C30H49F. The molecule has 1 aromatic rings. The first-order valence-electron chi connectivity index (χ1n) is 13.9. The normalized spacial score (nSPS) is 29.2. The lowest BCUT2D eigenvalue weighted by atomic mass is 9.74. The number of benzene rings is 1. The van der Waals surface area contributed by atoms with Crippen molar-refractivity contribution in [1.82, 2.24) is 0 Å². The van der Waals surface area contributed by atoms with Gasteiger partial charge in [-0.2, -0.15) is 0 Å². The molecule has 2 saturated carbocycles. The van der Waals surface area contributed by atoms with Gasteiger partial charge >= 0.3 is 0 Å². The second-order valence-corrected chi connectivity index (χ2v) is 11.0. The minimum atomic E-state index is -0.877. The molecule has 0 spiro atoms. The van der Waals surface area contributed by atoms with E-state index in [1.165, 1.54) is 82.6 Å². The maximum atomic E-state index is 15.2. The maximum absolute atomic E-state index is 15.2. The van der Waals surface area contributed by atoms with Crippen LogP contribution in [0.15, 0.2) is 24.3 Å². The van der Waals surface area contributed by atoms with Gasteiger partial charge < -0.3 is 0 Å². The van der Waals surface area contributed by atoms with Gasteiger partial charge in [0.05, 0.1) is 0 Å². The van der Waals surface area contributed by atoms with Crippen molar-refractivity contribution in [1.29, 1.82) is 0 Å². The van der Waals surface area contributed by atoms with Crippen molar-refractivity contribution >= 4 is 0 Å². The smallest absolute Gasteiger partial charge is 0.111 e. The van der Waals surface area contributed by atoms with Gasteiger partial charge in [0.15, 0.2) is 0 Å². The Balaban J connectivity index is 1.40. The van der Waals surface area contributed by atoms with E-state index in [-0.39, 0.29) is 0 Å². The molecule has 0 bridgehead atoms. The van der Waals surface area contributed by atoms with Crippen LogP contribution in [-0.2, 0) is 0 Å². The molecule has 0 N–H and O–H groups in total. The predicted octanol–water partition coefficient (Wildman–Crippen LogP) is 10.3. The van der Waals surface area contributed by atoms with Crippen LogP contribution < -0.4 is 0 Å². The lowest BCUT2D eigenvalue weighted by Crippen LogP contribution is -2.28. The molecule has 0 aliphatic heterocycles. The SMILES string of the molecule is CCCCCCCC1(F)CCC(c2ccc([C@H]3CC[C@H](CCCCC)CC3)cc2)CC1. The average molecular weight is 429 g/mol. The Morgan fingerprint density at radius 2 is 1.19 bits per heavy atom. The average Bonchev–Trinajstić information content (AvgIpc) is 2.80. The third-order valence-corrected chi connectivity index (χ3v) is 8.55. The highest BCUT2D eigenvalue weighted by molar-refractivity contribution is 5.28. The summed E-state index contributed by atoms with van der Waals surface area (Å²) in [6.45, 7) is 4.54. The predicted molar refractivity (Wildman–Crippen MR) is 134 cm³/mol. The molecule has 176 valence electrons. The Bertz CT molecular complexity index is 587. The van der Waals surface area contributed by atoms with Crippen molar-refractivity contribution in [3.05, 3.63) is 35.4 Å². The third kappa shape index (κ3) is 7.90. The Kier molecular flexibility index (Phi) is 10.4. The van der Waals surface area contributed by atoms with E-state index in [1.807, 2.05) is 0 Å². The number of unbranched alkanes of at least 4 members (excludes halogenated alkanes) is 6. The fraction of sp³-hybridized carbons (Fsp3) is 0.800. The molecule has 2 aliphatic carbocycles. The van der Waals surface area contributed by atoms with E-state index in [2.05, 4.69) is 38.1 Å². The van der Waals surface area contributed by atoms with E-state index in [0.717, 1.165) is 50.4 Å². The summed E-state index contributed by atoms with van der Waals surface area (Å²) in [6.07, 6.45) is 21.8. The summed E-state index contributed by atoms with van der Waals surface area (Å²) < 4.78 is 15.2. The maximum Gasteiger partial charge on any atom is 0.111 e. The van der Waals surface area contributed by atoms with Crippen molar-refractivity contribution in [3.8, 4) is 0 Å². The molecule has 0 heterocycles. The summed E-state index contributed by atoms with van der Waals surface area (Å²) in [4.78, 5) is 0. The molecule has 1 heteroatoms. The Morgan fingerprint density at radius 1 is 0.677 bits per heavy atom. The minimum Gasteiger partial charge on any atom is -0.244 e. The van der Waals surface area contributed by atoms with Crippen LogP contribution in [0.5, 0.6) is 0 Å². The van der Waals surface area contributed by atoms with Crippen molar-refractivity contribution < 1.29 is 4.39 Å². The lowest BCUT2D eigenvalue weighted by Gasteiger charge is -2.34. The second kappa shape index (κ2) is 13.0. The number of alkyl halides is 1. The molecule has 2 aliphatic rings. The zero-order valence-electron chi connectivity index (χ0n) is 20.6. The van der Waals surface area contributed by atoms with Crippen LogP contribution in [0.1, 0.15) is 152 Å². The lowest BCUT2D eigenvalue weighted by molar-refractivity contribution is 0.0849. The molecule has 0 aromatic heterocycles. The Labute approximate surface area is 192 Å². The molecule has 0 atom stereocenters. The monoisotopic (exact) mass is 428 g/mol. The van der Waals surface area contributed by atoms with Gasteiger partial charge in [0.25, 0.3) is 0 Å². The van der Waals surface area contributed by atoms with Gasteiger partial charge in [-0.05, 0) is 86.7 Å². The summed E-state index contributed by atoms with van der Waals surface area (Å²) in [5.41, 5.74) is 2.14. The van der Waals surface area contributed by atoms with E-state index in [9.17, 15) is 0 Å². The van der Waals surface area contributed by atoms with Gasteiger partial charge in [0.2, 0.25) is 0 Å². The topological polar surface area (TPSA) is 0 Å². The second-order valence-electron chi connectivity index (χ2n) is 11.0. The summed E-state index contributed by atoms with van der Waals surface area (Å²) in [5.74, 6) is 2.33. The Morgan fingerprint density at radius 3 is 1.77 bits per heavy atom. The molecule has 3 rings (SSSR count). The van der Waals surface area contributed by atoms with Crippen LogP contribution in [-0.4, -0.2) is 5.67 Å². The van der Waals surface area contributed by atoms with Crippen molar-refractivity contribution in [2.75, 3.05) is 0 Å². The van der Waals surface area contributed by atoms with Crippen molar-refractivity contribution in [2.24, 2.45) is 5.92 Å². The quantitative estimate of drug-likeness (QED) is 0.290. The molecule has 0 unspecified atom stereocenters. The van der Waals surface area contributed by atoms with Crippen LogP contribution in [0.25, 0.3) is 0 Å². The number of hydrogen-bond acceptors (Lipinski definition) is 0. The van der Waals surface area contributed by atoms with Gasteiger partial charge in [0.1, 0.15) is 5.67 Å². The van der Waals surface area contributed by atoms with E-state index in [4.69, 9.17) is 0 Å². The highest BCUT2D eigenvalue weighted by Crippen LogP contribution is 2.43. The van der Waals surface area contributed by atoms with Gasteiger partial charge in [-0.15, -0.1) is 0 Å². The standard InChI is InChI=1S/C30H49F/c1-3-5-7-8-10-22-30(31)23-20-29(21-24-30)28-18-16-27(17-19-28)26-14-12-25(13-15-26)11-9-6-4-2/h16-19,25-26,29H,3-15,20-24H2,1-2H3/t25-,26-,29?,30?. The van der Waals surface area contributed by atoms with Crippen LogP contribution in [0.4, 0.5) is 4.39 Å². The summed E-state index contributed by atoms with van der Waals surface area (Å²) in [6, 6.07) is 9.57. The van der Waals surface area contributed by atoms with Crippen LogP contribution in [0.3, 0.4) is 0 Å². The summed E-state index contributed by atoms with van der Waals surface area (Å²) in [7, 11) is 0. The third-order valence-electron chi connectivity index (χ3n) is 8.55. The first-order chi connectivity index (χ1) is 15.1. The molecule has 0 saturated heterocycles. The fourth-order valence-corrected chi connectivity index (χ4v) is 6.27. The van der Waals surface area contributed by atoms with E-state index < -0.39 is 5.67 Å². The molecular weight excluding hydrogens is 379 g/mol. The zero-order chi connectivity index (χ0) is 21.9.